The number of hydrogen-bond donors (Lipinski definition) is 1. The predicted octanol–water partition coefficient (Wildman–Crippen LogP) is 2.81. The third-order valence-electron chi connectivity index (χ3n) is 2.99. The van der Waals surface area contributed by atoms with E-state index in [2.05, 4.69) is 0 Å². The van der Waals surface area contributed by atoms with E-state index in [1.807, 2.05) is 37.3 Å². The molecule has 21 heavy (non-hydrogen) atoms. The maximum absolute atomic E-state index is 11.9. The average Bonchev–Trinajstić information content (AvgIpc) is 2.54. The number of para-hydroxylation sites is 1. The summed E-state index contributed by atoms with van der Waals surface area (Å²) in [6.07, 6.45) is 0. The fraction of sp³-hybridized carbons (Fsp3) is 0.235. The van der Waals surface area contributed by atoms with Crippen LogP contribution in [0, 0.1) is 0 Å². The van der Waals surface area contributed by atoms with Crippen LogP contribution < -0.4 is 15.2 Å². The van der Waals surface area contributed by atoms with Crippen molar-refractivity contribution in [3.05, 3.63) is 59.7 Å². The number of carbonyl (C=O) groups is 1. The minimum atomic E-state index is -0.167. The summed E-state index contributed by atoms with van der Waals surface area (Å²) in [6, 6.07) is 15.0. The first-order valence-electron chi connectivity index (χ1n) is 6.92. The minimum absolute atomic E-state index is 0.0583. The Balaban J connectivity index is 2.27. The highest BCUT2D eigenvalue weighted by atomic mass is 16.5. The van der Waals surface area contributed by atoms with Crippen LogP contribution >= 0.6 is 0 Å². The Morgan fingerprint density at radius 2 is 1.81 bits per heavy atom. The molecule has 0 fully saturated rings. The van der Waals surface area contributed by atoms with Gasteiger partial charge in [0.25, 0.3) is 0 Å². The smallest absolute Gasteiger partial charge is 0.180 e. The Hall–Kier alpha value is -2.33. The zero-order chi connectivity index (χ0) is 15.1. The number of ether oxygens (including phenoxy) is 2. The Labute approximate surface area is 124 Å². The molecule has 0 aliphatic heterocycles. The highest BCUT2D eigenvalue weighted by Crippen LogP contribution is 2.32. The molecule has 0 aliphatic carbocycles. The van der Waals surface area contributed by atoms with Crippen molar-refractivity contribution in [1.29, 1.82) is 0 Å². The van der Waals surface area contributed by atoms with Crippen molar-refractivity contribution in [2.24, 2.45) is 5.73 Å². The van der Waals surface area contributed by atoms with Gasteiger partial charge in [-0.1, -0.05) is 36.4 Å². The lowest BCUT2D eigenvalue weighted by atomic mass is 10.1. The quantitative estimate of drug-likeness (QED) is 0.795. The topological polar surface area (TPSA) is 61.5 Å². The summed E-state index contributed by atoms with van der Waals surface area (Å²) in [6.45, 7) is 2.70. The molecule has 4 heteroatoms. The monoisotopic (exact) mass is 285 g/mol. The first kappa shape index (κ1) is 15.1. The van der Waals surface area contributed by atoms with Crippen LogP contribution in [-0.4, -0.2) is 18.9 Å². The first-order valence-corrected chi connectivity index (χ1v) is 6.92. The number of benzene rings is 2. The molecule has 0 radical (unpaired) electrons. The van der Waals surface area contributed by atoms with Crippen LogP contribution in [0.2, 0.25) is 0 Å². The Bertz CT molecular complexity index is 596. The number of rotatable bonds is 7. The van der Waals surface area contributed by atoms with Crippen molar-refractivity contribution < 1.29 is 14.3 Å². The highest BCUT2D eigenvalue weighted by Gasteiger charge is 2.16. The normalized spacial score (nSPS) is 10.2. The van der Waals surface area contributed by atoms with Crippen LogP contribution in [0.15, 0.2) is 48.5 Å². The number of Topliss-reactive ketones (excluding diaryl/α,β-unsaturated/α-hetero) is 1. The molecule has 0 spiro atoms. The summed E-state index contributed by atoms with van der Waals surface area (Å²) in [7, 11) is 0. The van der Waals surface area contributed by atoms with Crippen LogP contribution in [0.5, 0.6) is 11.5 Å². The second-order valence-electron chi connectivity index (χ2n) is 4.47. The van der Waals surface area contributed by atoms with Gasteiger partial charge in [0, 0.05) is 0 Å². The molecule has 2 rings (SSSR count). The van der Waals surface area contributed by atoms with Gasteiger partial charge in [0.1, 0.15) is 6.61 Å². The second-order valence-corrected chi connectivity index (χ2v) is 4.47. The molecule has 0 saturated carbocycles. The van der Waals surface area contributed by atoms with E-state index in [-0.39, 0.29) is 12.3 Å². The van der Waals surface area contributed by atoms with E-state index in [0.29, 0.717) is 30.3 Å². The van der Waals surface area contributed by atoms with Crippen molar-refractivity contribution in [2.45, 2.75) is 13.5 Å². The SMILES string of the molecule is CCOc1cccc(C(=O)CN)c1OCc1ccccc1. The van der Waals surface area contributed by atoms with Crippen LogP contribution in [0.1, 0.15) is 22.8 Å². The lowest BCUT2D eigenvalue weighted by Gasteiger charge is -2.15. The molecule has 0 amide bonds. The molecule has 0 aliphatic rings. The Kier molecular flexibility index (Phi) is 5.35. The second kappa shape index (κ2) is 7.45. The predicted molar refractivity (Wildman–Crippen MR) is 81.8 cm³/mol. The van der Waals surface area contributed by atoms with E-state index >= 15 is 0 Å². The van der Waals surface area contributed by atoms with Crippen molar-refractivity contribution >= 4 is 5.78 Å². The molecule has 4 nitrogen and oxygen atoms in total. The van der Waals surface area contributed by atoms with Gasteiger partial charge in [-0.15, -0.1) is 0 Å². The summed E-state index contributed by atoms with van der Waals surface area (Å²) in [4.78, 5) is 11.9. The number of carbonyl (C=O) groups excluding carboxylic acids is 1. The van der Waals surface area contributed by atoms with Gasteiger partial charge in [-0.25, -0.2) is 0 Å². The highest BCUT2D eigenvalue weighted by molar-refractivity contribution is 6.00. The molecule has 2 N–H and O–H groups in total. The van der Waals surface area contributed by atoms with Crippen molar-refractivity contribution in [1.82, 2.24) is 0 Å². The molecule has 2 aromatic carbocycles. The lowest BCUT2D eigenvalue weighted by Crippen LogP contribution is -2.15. The fourth-order valence-corrected chi connectivity index (χ4v) is 1.99. The van der Waals surface area contributed by atoms with Crippen LogP contribution in [0.3, 0.4) is 0 Å². The molecular formula is C17H19NO3. The standard InChI is InChI=1S/C17H19NO3/c1-2-20-16-10-6-9-14(15(19)11-18)17(16)21-12-13-7-4-3-5-8-13/h3-10H,2,11-12,18H2,1H3. The molecule has 2 aromatic rings. The largest absolute Gasteiger partial charge is 0.490 e. The number of nitrogens with two attached hydrogens (primary N) is 1. The lowest BCUT2D eigenvalue weighted by molar-refractivity contribution is 0.0996. The summed E-state index contributed by atoms with van der Waals surface area (Å²) >= 11 is 0. The first-order chi connectivity index (χ1) is 10.3. The van der Waals surface area contributed by atoms with E-state index in [9.17, 15) is 4.79 Å². The molecule has 0 bridgehead atoms. The van der Waals surface area contributed by atoms with E-state index < -0.39 is 0 Å². The van der Waals surface area contributed by atoms with Gasteiger partial charge in [0.05, 0.1) is 18.7 Å². The molecular weight excluding hydrogens is 266 g/mol. The fourth-order valence-electron chi connectivity index (χ4n) is 1.99. The van der Waals surface area contributed by atoms with E-state index in [1.54, 1.807) is 18.2 Å². The molecule has 0 atom stereocenters. The van der Waals surface area contributed by atoms with Crippen molar-refractivity contribution in [2.75, 3.05) is 13.2 Å². The number of ketones is 1. The van der Waals surface area contributed by atoms with E-state index in [4.69, 9.17) is 15.2 Å². The van der Waals surface area contributed by atoms with Gasteiger partial charge in [-0.05, 0) is 24.6 Å². The third kappa shape index (κ3) is 3.83. The molecule has 0 heterocycles. The minimum Gasteiger partial charge on any atom is -0.490 e. The van der Waals surface area contributed by atoms with Crippen molar-refractivity contribution in [3.8, 4) is 11.5 Å². The van der Waals surface area contributed by atoms with Gasteiger partial charge in [-0.3, -0.25) is 4.79 Å². The molecule has 0 aromatic heterocycles. The van der Waals surface area contributed by atoms with E-state index in [0.717, 1.165) is 5.56 Å². The van der Waals surface area contributed by atoms with E-state index in [1.165, 1.54) is 0 Å². The molecule has 110 valence electrons. The molecule has 0 unspecified atom stereocenters. The maximum atomic E-state index is 11.9. The Morgan fingerprint density at radius 3 is 2.48 bits per heavy atom. The van der Waals surface area contributed by atoms with Crippen molar-refractivity contribution in [3.63, 3.8) is 0 Å². The summed E-state index contributed by atoms with van der Waals surface area (Å²) < 4.78 is 11.4. The van der Waals surface area contributed by atoms with Gasteiger partial charge in [-0.2, -0.15) is 0 Å². The summed E-state index contributed by atoms with van der Waals surface area (Å²) in [5.41, 5.74) is 6.94. The average molecular weight is 285 g/mol. The summed E-state index contributed by atoms with van der Waals surface area (Å²) in [5.74, 6) is 0.853. The molecule has 0 saturated heterocycles. The Morgan fingerprint density at radius 1 is 1.05 bits per heavy atom. The van der Waals surface area contributed by atoms with Crippen LogP contribution in [-0.2, 0) is 6.61 Å². The summed E-state index contributed by atoms with van der Waals surface area (Å²) in [5, 5.41) is 0. The van der Waals surface area contributed by atoms with Gasteiger partial charge in [0.15, 0.2) is 17.3 Å². The van der Waals surface area contributed by atoms with Gasteiger partial charge in [0.2, 0.25) is 0 Å². The zero-order valence-corrected chi connectivity index (χ0v) is 12.0. The van der Waals surface area contributed by atoms with Crippen LogP contribution in [0.25, 0.3) is 0 Å². The van der Waals surface area contributed by atoms with Gasteiger partial charge < -0.3 is 15.2 Å². The van der Waals surface area contributed by atoms with Crippen LogP contribution in [0.4, 0.5) is 0 Å². The third-order valence-corrected chi connectivity index (χ3v) is 2.99. The maximum Gasteiger partial charge on any atom is 0.180 e. The van der Waals surface area contributed by atoms with Gasteiger partial charge >= 0.3 is 0 Å². The number of hydrogen-bond acceptors (Lipinski definition) is 4. The zero-order valence-electron chi connectivity index (χ0n) is 12.0.